The number of benzene rings is 2. The van der Waals surface area contributed by atoms with Crippen molar-refractivity contribution in [3.05, 3.63) is 93.7 Å². The van der Waals surface area contributed by atoms with Crippen LogP contribution in [0.5, 0.6) is 0 Å². The van der Waals surface area contributed by atoms with Crippen molar-refractivity contribution in [2.45, 2.75) is 19.4 Å². The maximum Gasteiger partial charge on any atom is 0.233 e. The van der Waals surface area contributed by atoms with Gasteiger partial charge in [-0.25, -0.2) is 0 Å². The Balaban J connectivity index is 1.54. The Kier molecular flexibility index (Phi) is 6.58. The number of hydrogen-bond acceptors (Lipinski definition) is 3. The van der Waals surface area contributed by atoms with E-state index in [9.17, 15) is 4.79 Å². The Morgan fingerprint density at radius 1 is 1.00 bits per heavy atom. The molecule has 1 amide bonds. The van der Waals surface area contributed by atoms with Gasteiger partial charge < -0.3 is 5.32 Å². The van der Waals surface area contributed by atoms with Crippen LogP contribution in [0.15, 0.2) is 72.1 Å². The van der Waals surface area contributed by atoms with E-state index in [1.54, 1.807) is 11.3 Å². The van der Waals surface area contributed by atoms with Gasteiger partial charge in [-0.1, -0.05) is 66.2 Å². The van der Waals surface area contributed by atoms with E-state index in [-0.39, 0.29) is 11.9 Å². The number of carbonyl (C=O) groups is 1. The molecule has 0 spiro atoms. The summed E-state index contributed by atoms with van der Waals surface area (Å²) < 4.78 is 0. The predicted molar refractivity (Wildman–Crippen MR) is 108 cm³/mol. The fraction of sp³-hybridized carbons (Fsp3) is 0.227. The molecule has 0 bridgehead atoms. The quantitative estimate of drug-likeness (QED) is 0.632. The molecule has 0 aliphatic heterocycles. The Morgan fingerprint density at radius 3 is 2.46 bits per heavy atom. The highest BCUT2D eigenvalue weighted by molar-refractivity contribution is 7.10. The molecule has 3 rings (SSSR count). The van der Waals surface area contributed by atoms with Crippen molar-refractivity contribution < 1.29 is 4.79 Å². The molecule has 2 aromatic carbocycles. The summed E-state index contributed by atoms with van der Waals surface area (Å²) in [5.41, 5.74) is 3.64. The maximum atomic E-state index is 12.2. The van der Waals surface area contributed by atoms with Crippen molar-refractivity contribution in [1.29, 1.82) is 0 Å². The molecule has 3 nitrogen and oxygen atoms in total. The lowest BCUT2D eigenvalue weighted by Gasteiger charge is -2.18. The minimum atomic E-state index is 0.0228. The first kappa shape index (κ1) is 18.4. The molecule has 26 heavy (non-hydrogen) atoms. The second-order valence-electron chi connectivity index (χ2n) is 6.33. The van der Waals surface area contributed by atoms with Crippen molar-refractivity contribution in [3.63, 3.8) is 0 Å². The lowest BCUT2D eigenvalue weighted by atomic mass is 10.0. The molecule has 1 aromatic heterocycles. The van der Waals surface area contributed by atoms with Gasteiger partial charge in [0, 0.05) is 11.4 Å². The number of carbonyl (C=O) groups excluding carboxylic acids is 1. The minimum absolute atomic E-state index is 0.0228. The van der Waals surface area contributed by atoms with Gasteiger partial charge >= 0.3 is 0 Å². The summed E-state index contributed by atoms with van der Waals surface area (Å²) in [6, 6.07) is 22.9. The van der Waals surface area contributed by atoms with E-state index in [1.807, 2.05) is 24.3 Å². The van der Waals surface area contributed by atoms with Gasteiger partial charge in [0.1, 0.15) is 0 Å². The molecule has 0 saturated heterocycles. The van der Waals surface area contributed by atoms with Crippen molar-refractivity contribution in [2.75, 3.05) is 13.1 Å². The topological polar surface area (TPSA) is 41.1 Å². The van der Waals surface area contributed by atoms with E-state index in [4.69, 9.17) is 0 Å². The van der Waals surface area contributed by atoms with Crippen molar-refractivity contribution >= 4 is 17.2 Å². The first-order valence-corrected chi connectivity index (χ1v) is 9.74. The molecular weight excluding hydrogens is 340 g/mol. The smallest absolute Gasteiger partial charge is 0.233 e. The molecular formula is C22H24N2OS. The normalized spacial score (nSPS) is 11.9. The number of rotatable bonds is 8. The summed E-state index contributed by atoms with van der Waals surface area (Å²) in [5, 5.41) is 8.47. The van der Waals surface area contributed by atoms with Crippen LogP contribution in [0.2, 0.25) is 0 Å². The van der Waals surface area contributed by atoms with E-state index in [1.165, 1.54) is 21.6 Å². The van der Waals surface area contributed by atoms with Crippen molar-refractivity contribution in [3.8, 4) is 0 Å². The molecule has 4 heteroatoms. The number of aryl methyl sites for hydroxylation is 1. The summed E-state index contributed by atoms with van der Waals surface area (Å²) in [6.45, 7) is 3.03. The number of thiophene rings is 1. The van der Waals surface area contributed by atoms with Gasteiger partial charge in [-0.3, -0.25) is 10.1 Å². The molecule has 1 heterocycles. The van der Waals surface area contributed by atoms with Gasteiger partial charge in [0.05, 0.1) is 12.6 Å². The van der Waals surface area contributed by atoms with Gasteiger partial charge in [0.2, 0.25) is 5.91 Å². The Labute approximate surface area is 159 Å². The molecule has 0 aliphatic carbocycles. The average Bonchev–Trinajstić information content (AvgIpc) is 3.19. The minimum Gasteiger partial charge on any atom is -0.355 e. The van der Waals surface area contributed by atoms with Crippen LogP contribution in [0.25, 0.3) is 0 Å². The van der Waals surface area contributed by atoms with Crippen LogP contribution in [0.4, 0.5) is 0 Å². The van der Waals surface area contributed by atoms with Crippen LogP contribution in [0.3, 0.4) is 0 Å². The third kappa shape index (κ3) is 5.28. The Morgan fingerprint density at radius 2 is 1.77 bits per heavy atom. The molecule has 0 aliphatic rings. The standard InChI is InChI=1S/C22H24N2OS/c1-17-9-11-19(12-10-17)22(20-8-5-15-26-20)24-16-21(25)23-14-13-18-6-3-2-4-7-18/h2-12,15,22,24H,13-14,16H2,1H3,(H,23,25)/t22-/m0/s1. The van der Waals surface area contributed by atoms with Gasteiger partial charge in [0.25, 0.3) is 0 Å². The maximum absolute atomic E-state index is 12.2. The largest absolute Gasteiger partial charge is 0.355 e. The second kappa shape index (κ2) is 9.32. The predicted octanol–water partition coefficient (Wildman–Crippen LogP) is 4.09. The zero-order valence-electron chi connectivity index (χ0n) is 14.9. The lowest BCUT2D eigenvalue weighted by Crippen LogP contribution is -2.36. The molecule has 0 unspecified atom stereocenters. The molecule has 0 fully saturated rings. The van der Waals surface area contributed by atoms with Gasteiger partial charge in [-0.15, -0.1) is 11.3 Å². The zero-order chi connectivity index (χ0) is 18.2. The highest BCUT2D eigenvalue weighted by Crippen LogP contribution is 2.26. The molecule has 3 aromatic rings. The summed E-state index contributed by atoms with van der Waals surface area (Å²) in [4.78, 5) is 13.4. The van der Waals surface area contributed by atoms with Crippen LogP contribution in [0, 0.1) is 6.92 Å². The third-order valence-electron chi connectivity index (χ3n) is 4.28. The number of amides is 1. The van der Waals surface area contributed by atoms with Crippen molar-refractivity contribution in [2.24, 2.45) is 0 Å². The van der Waals surface area contributed by atoms with E-state index in [0.29, 0.717) is 13.1 Å². The summed E-state index contributed by atoms with van der Waals surface area (Å²) in [7, 11) is 0. The fourth-order valence-electron chi connectivity index (χ4n) is 2.85. The highest BCUT2D eigenvalue weighted by Gasteiger charge is 2.15. The van der Waals surface area contributed by atoms with E-state index >= 15 is 0 Å². The van der Waals surface area contributed by atoms with Gasteiger partial charge in [0.15, 0.2) is 0 Å². The third-order valence-corrected chi connectivity index (χ3v) is 5.22. The molecule has 2 N–H and O–H groups in total. The van der Waals surface area contributed by atoms with Gasteiger partial charge in [-0.2, -0.15) is 0 Å². The lowest BCUT2D eigenvalue weighted by molar-refractivity contribution is -0.120. The van der Waals surface area contributed by atoms with Crippen LogP contribution >= 0.6 is 11.3 Å². The number of hydrogen-bond donors (Lipinski definition) is 2. The van der Waals surface area contributed by atoms with Crippen LogP contribution < -0.4 is 10.6 Å². The second-order valence-corrected chi connectivity index (χ2v) is 7.30. The molecule has 0 saturated carbocycles. The monoisotopic (exact) mass is 364 g/mol. The zero-order valence-corrected chi connectivity index (χ0v) is 15.8. The summed E-state index contributed by atoms with van der Waals surface area (Å²) in [6.07, 6.45) is 0.846. The number of nitrogens with one attached hydrogen (secondary N) is 2. The van der Waals surface area contributed by atoms with Gasteiger partial charge in [-0.05, 0) is 35.9 Å². The van der Waals surface area contributed by atoms with Crippen molar-refractivity contribution in [1.82, 2.24) is 10.6 Å². The SMILES string of the molecule is Cc1ccc([C@H](NCC(=O)NCCc2ccccc2)c2cccs2)cc1. The van der Waals surface area contributed by atoms with E-state index < -0.39 is 0 Å². The highest BCUT2D eigenvalue weighted by atomic mass is 32.1. The van der Waals surface area contributed by atoms with E-state index in [2.05, 4.69) is 65.4 Å². The van der Waals surface area contributed by atoms with E-state index in [0.717, 1.165) is 6.42 Å². The average molecular weight is 365 g/mol. The Bertz CT molecular complexity index is 798. The van der Waals surface area contributed by atoms with Crippen LogP contribution in [0.1, 0.15) is 27.6 Å². The molecule has 0 radical (unpaired) electrons. The van der Waals surface area contributed by atoms with Crippen LogP contribution in [-0.2, 0) is 11.2 Å². The molecule has 1 atom stereocenters. The Hall–Kier alpha value is -2.43. The fourth-order valence-corrected chi connectivity index (χ4v) is 3.67. The first-order chi connectivity index (χ1) is 12.7. The summed E-state index contributed by atoms with van der Waals surface area (Å²) >= 11 is 1.70. The van der Waals surface area contributed by atoms with Crippen LogP contribution in [-0.4, -0.2) is 19.0 Å². The first-order valence-electron chi connectivity index (χ1n) is 8.86. The molecule has 134 valence electrons. The summed E-state index contributed by atoms with van der Waals surface area (Å²) in [5.74, 6) is 0.0228.